The molecule has 1 atom stereocenters. The third kappa shape index (κ3) is 4.94. The number of hydrogen-bond acceptors (Lipinski definition) is 6. The summed E-state index contributed by atoms with van der Waals surface area (Å²) < 4.78 is 0. The number of rotatable bonds is 7. The minimum atomic E-state index is -0.334. The van der Waals surface area contributed by atoms with Crippen LogP contribution >= 0.6 is 11.8 Å². The number of hydrogen-bond donors (Lipinski definition) is 3. The maximum atomic E-state index is 11.7. The first-order valence-electron chi connectivity index (χ1n) is 6.31. The van der Waals surface area contributed by atoms with Crippen molar-refractivity contribution in [1.29, 1.82) is 0 Å². The van der Waals surface area contributed by atoms with Crippen LogP contribution in [0.5, 0.6) is 0 Å². The first-order chi connectivity index (χ1) is 9.10. The summed E-state index contributed by atoms with van der Waals surface area (Å²) in [4.78, 5) is 20.3. The highest BCUT2D eigenvalue weighted by Gasteiger charge is 2.13. The van der Waals surface area contributed by atoms with Gasteiger partial charge in [-0.2, -0.15) is 0 Å². The van der Waals surface area contributed by atoms with Gasteiger partial charge in [-0.15, -0.1) is 0 Å². The van der Waals surface area contributed by atoms with Crippen molar-refractivity contribution in [3.8, 4) is 0 Å². The minimum absolute atomic E-state index is 0.0446. The van der Waals surface area contributed by atoms with Crippen LogP contribution < -0.4 is 16.0 Å². The Hall–Kier alpha value is -1.50. The van der Waals surface area contributed by atoms with Crippen LogP contribution in [0.4, 0.5) is 11.6 Å². The van der Waals surface area contributed by atoms with Crippen molar-refractivity contribution in [2.75, 3.05) is 30.0 Å². The number of amides is 1. The molecule has 1 unspecified atom stereocenters. The van der Waals surface area contributed by atoms with E-state index < -0.39 is 0 Å². The normalized spacial score (nSPS) is 11.8. The Balaban J connectivity index is 2.81. The molecule has 3 N–H and O–H groups in total. The Kier molecular flexibility index (Phi) is 6.41. The van der Waals surface area contributed by atoms with Crippen molar-refractivity contribution in [3.63, 3.8) is 0 Å². The number of anilines is 2. The summed E-state index contributed by atoms with van der Waals surface area (Å²) in [6, 6.07) is 1.47. The fraction of sp³-hybridized carbons (Fsp3) is 0.583. The van der Waals surface area contributed by atoms with Crippen molar-refractivity contribution < 1.29 is 4.79 Å². The molecule has 106 valence electrons. The number of thioether (sulfide) groups is 1. The molecule has 0 spiro atoms. The fourth-order valence-corrected chi connectivity index (χ4v) is 1.86. The molecule has 1 heterocycles. The zero-order valence-electron chi connectivity index (χ0n) is 11.8. The molecule has 0 saturated carbocycles. The maximum Gasteiger partial charge on any atom is 0.242 e. The first kappa shape index (κ1) is 15.6. The number of aromatic nitrogens is 2. The van der Waals surface area contributed by atoms with E-state index in [1.807, 2.05) is 20.1 Å². The van der Waals surface area contributed by atoms with E-state index >= 15 is 0 Å². The third-order valence-electron chi connectivity index (χ3n) is 2.35. The largest absolute Gasteiger partial charge is 0.370 e. The van der Waals surface area contributed by atoms with Crippen LogP contribution in [-0.2, 0) is 4.79 Å². The van der Waals surface area contributed by atoms with Crippen molar-refractivity contribution in [2.24, 2.45) is 0 Å². The van der Waals surface area contributed by atoms with Crippen LogP contribution in [0.3, 0.4) is 0 Å². The van der Waals surface area contributed by atoms with Crippen molar-refractivity contribution in [2.45, 2.75) is 32.0 Å². The van der Waals surface area contributed by atoms with Gasteiger partial charge in [0.2, 0.25) is 5.91 Å². The maximum absolute atomic E-state index is 11.7. The van der Waals surface area contributed by atoms with Gasteiger partial charge in [0.1, 0.15) is 17.7 Å². The smallest absolute Gasteiger partial charge is 0.242 e. The number of carbonyl (C=O) groups excluding carboxylic acids is 1. The molecule has 7 heteroatoms. The molecule has 1 aromatic rings. The van der Waals surface area contributed by atoms with E-state index in [-0.39, 0.29) is 11.9 Å². The zero-order valence-corrected chi connectivity index (χ0v) is 12.6. The highest BCUT2D eigenvalue weighted by Crippen LogP contribution is 2.17. The quantitative estimate of drug-likeness (QED) is 0.521. The standard InChI is InChI=1S/C12H21N5OS/c1-5-13-9-7-10(17-12(16-9)19-4)15-8(3)11(18)14-6-2/h7-8H,5-6H2,1-4H3,(H,14,18)(H2,13,15,16,17). The molecule has 1 amide bonds. The van der Waals surface area contributed by atoms with Gasteiger partial charge >= 0.3 is 0 Å². The Morgan fingerprint density at radius 3 is 2.58 bits per heavy atom. The fourth-order valence-electron chi connectivity index (χ4n) is 1.48. The Morgan fingerprint density at radius 2 is 2.00 bits per heavy atom. The molecule has 1 rings (SSSR count). The molecule has 6 nitrogen and oxygen atoms in total. The van der Waals surface area contributed by atoms with E-state index in [4.69, 9.17) is 0 Å². The van der Waals surface area contributed by atoms with E-state index in [0.717, 1.165) is 12.4 Å². The van der Waals surface area contributed by atoms with Gasteiger partial charge in [-0.05, 0) is 27.0 Å². The van der Waals surface area contributed by atoms with E-state index in [2.05, 4.69) is 25.9 Å². The number of nitrogens with one attached hydrogen (secondary N) is 3. The van der Waals surface area contributed by atoms with Crippen molar-refractivity contribution in [1.82, 2.24) is 15.3 Å². The lowest BCUT2D eigenvalue weighted by Crippen LogP contribution is -2.37. The lowest BCUT2D eigenvalue weighted by molar-refractivity contribution is -0.121. The average molecular weight is 283 g/mol. The molecule has 0 fully saturated rings. The zero-order chi connectivity index (χ0) is 14.3. The van der Waals surface area contributed by atoms with Gasteiger partial charge in [-0.1, -0.05) is 11.8 Å². The van der Waals surface area contributed by atoms with E-state index in [9.17, 15) is 4.79 Å². The van der Waals surface area contributed by atoms with Crippen LogP contribution in [-0.4, -0.2) is 41.3 Å². The molecule has 0 aliphatic rings. The highest BCUT2D eigenvalue weighted by atomic mass is 32.2. The second-order valence-corrected chi connectivity index (χ2v) is 4.69. The molecular weight excluding hydrogens is 262 g/mol. The Morgan fingerprint density at radius 1 is 1.32 bits per heavy atom. The van der Waals surface area contributed by atoms with Gasteiger partial charge in [0, 0.05) is 19.2 Å². The van der Waals surface area contributed by atoms with Gasteiger partial charge in [0.25, 0.3) is 0 Å². The molecule has 0 saturated heterocycles. The first-order valence-corrected chi connectivity index (χ1v) is 7.54. The molecule has 0 aliphatic carbocycles. The SMILES string of the molecule is CCNC(=O)C(C)Nc1cc(NCC)nc(SC)n1. The topological polar surface area (TPSA) is 78.9 Å². The van der Waals surface area contributed by atoms with Crippen LogP contribution in [0.2, 0.25) is 0 Å². The summed E-state index contributed by atoms with van der Waals surface area (Å²) in [6.07, 6.45) is 1.92. The molecule has 0 bridgehead atoms. The van der Waals surface area contributed by atoms with Crippen molar-refractivity contribution in [3.05, 3.63) is 6.07 Å². The number of likely N-dealkylation sites (N-methyl/N-ethyl adjacent to an activating group) is 1. The Bertz CT molecular complexity index is 427. The number of carbonyl (C=O) groups is 1. The predicted molar refractivity (Wildman–Crippen MR) is 79.7 cm³/mol. The van der Waals surface area contributed by atoms with Gasteiger partial charge in [0.15, 0.2) is 5.16 Å². The summed E-state index contributed by atoms with van der Waals surface area (Å²) >= 11 is 1.47. The van der Waals surface area contributed by atoms with Gasteiger partial charge in [-0.25, -0.2) is 9.97 Å². The average Bonchev–Trinajstić information content (AvgIpc) is 2.39. The highest BCUT2D eigenvalue weighted by molar-refractivity contribution is 7.98. The second-order valence-electron chi connectivity index (χ2n) is 3.92. The lowest BCUT2D eigenvalue weighted by Gasteiger charge is -2.15. The van der Waals surface area contributed by atoms with Crippen LogP contribution in [0.1, 0.15) is 20.8 Å². The predicted octanol–water partition coefficient (Wildman–Crippen LogP) is 1.57. The summed E-state index contributed by atoms with van der Waals surface area (Å²) in [7, 11) is 0. The molecule has 0 aromatic carbocycles. The molecule has 19 heavy (non-hydrogen) atoms. The van der Waals surface area contributed by atoms with Gasteiger partial charge in [-0.3, -0.25) is 4.79 Å². The summed E-state index contributed by atoms with van der Waals surface area (Å²) in [5.74, 6) is 1.36. The lowest BCUT2D eigenvalue weighted by atomic mass is 10.3. The second kappa shape index (κ2) is 7.83. The van der Waals surface area contributed by atoms with Crippen LogP contribution in [0.15, 0.2) is 11.2 Å². The summed E-state index contributed by atoms with van der Waals surface area (Å²) in [6.45, 7) is 7.11. The van der Waals surface area contributed by atoms with E-state index in [1.165, 1.54) is 11.8 Å². The van der Waals surface area contributed by atoms with E-state index in [1.54, 1.807) is 13.0 Å². The van der Waals surface area contributed by atoms with Gasteiger partial charge in [0.05, 0.1) is 0 Å². The third-order valence-corrected chi connectivity index (χ3v) is 2.90. The number of nitrogens with zero attached hydrogens (tertiary/aromatic N) is 2. The summed E-state index contributed by atoms with van der Waals surface area (Å²) in [5, 5.41) is 9.67. The van der Waals surface area contributed by atoms with Gasteiger partial charge < -0.3 is 16.0 Å². The Labute approximate surface area is 118 Å². The molecule has 0 aliphatic heterocycles. The molecular formula is C12H21N5OS. The summed E-state index contributed by atoms with van der Waals surface area (Å²) in [5.41, 5.74) is 0. The van der Waals surface area contributed by atoms with Crippen LogP contribution in [0, 0.1) is 0 Å². The molecule has 0 radical (unpaired) electrons. The monoisotopic (exact) mass is 283 g/mol. The van der Waals surface area contributed by atoms with Crippen LogP contribution in [0.25, 0.3) is 0 Å². The molecule has 1 aromatic heterocycles. The van der Waals surface area contributed by atoms with E-state index in [0.29, 0.717) is 17.5 Å². The minimum Gasteiger partial charge on any atom is -0.370 e. The van der Waals surface area contributed by atoms with Crippen molar-refractivity contribution >= 4 is 29.3 Å².